The standard InChI is InChI=1S/C19H22FN3O2S/c1-13-11-16(21-18(24)14-5-3-6-15(20)12-14)26-17(13)19(25)23-8-4-7-22(2)9-10-23/h3,5-6,11-12H,4,7-10H2,1-2H3,(H,21,24). The summed E-state index contributed by atoms with van der Waals surface area (Å²) < 4.78 is 13.3. The maximum atomic E-state index is 13.3. The number of halogens is 1. The van der Waals surface area contributed by atoms with Gasteiger partial charge in [-0.2, -0.15) is 0 Å². The number of rotatable bonds is 3. The highest BCUT2D eigenvalue weighted by Gasteiger charge is 2.23. The number of likely N-dealkylation sites (N-methyl/N-ethyl adjacent to an activating group) is 1. The molecule has 0 aliphatic carbocycles. The van der Waals surface area contributed by atoms with E-state index in [-0.39, 0.29) is 17.4 Å². The van der Waals surface area contributed by atoms with Crippen LogP contribution in [0.4, 0.5) is 9.39 Å². The molecule has 2 amide bonds. The van der Waals surface area contributed by atoms with E-state index >= 15 is 0 Å². The highest BCUT2D eigenvalue weighted by atomic mass is 32.1. The molecular weight excluding hydrogens is 353 g/mol. The molecule has 0 unspecified atom stereocenters. The Morgan fingerprint density at radius 1 is 1.15 bits per heavy atom. The summed E-state index contributed by atoms with van der Waals surface area (Å²) in [6, 6.07) is 7.32. The van der Waals surface area contributed by atoms with Gasteiger partial charge in [0.1, 0.15) is 5.82 Å². The fourth-order valence-electron chi connectivity index (χ4n) is 2.96. The molecule has 0 atom stereocenters. The van der Waals surface area contributed by atoms with Crippen LogP contribution in [0.5, 0.6) is 0 Å². The Morgan fingerprint density at radius 2 is 1.96 bits per heavy atom. The van der Waals surface area contributed by atoms with Crippen LogP contribution >= 0.6 is 11.3 Å². The first-order chi connectivity index (χ1) is 12.4. The number of carbonyl (C=O) groups excluding carboxylic acids is 2. The molecule has 1 aliphatic rings. The zero-order valence-electron chi connectivity index (χ0n) is 14.9. The number of amides is 2. The van der Waals surface area contributed by atoms with E-state index in [1.165, 1.54) is 29.5 Å². The minimum Gasteiger partial charge on any atom is -0.337 e. The van der Waals surface area contributed by atoms with Crippen molar-refractivity contribution in [2.75, 3.05) is 38.5 Å². The van der Waals surface area contributed by atoms with Gasteiger partial charge in [-0.15, -0.1) is 11.3 Å². The number of nitrogens with zero attached hydrogens (tertiary/aromatic N) is 2. The Hall–Kier alpha value is -2.25. The average Bonchev–Trinajstić information content (AvgIpc) is 2.82. The summed E-state index contributed by atoms with van der Waals surface area (Å²) in [5.74, 6) is -0.836. The SMILES string of the molecule is Cc1cc(NC(=O)c2cccc(F)c2)sc1C(=O)N1CCCN(C)CC1. The number of benzene rings is 1. The molecule has 1 N–H and O–H groups in total. The van der Waals surface area contributed by atoms with Gasteiger partial charge >= 0.3 is 0 Å². The second-order valence-electron chi connectivity index (χ2n) is 6.54. The Kier molecular flexibility index (Phi) is 5.68. The second kappa shape index (κ2) is 7.97. The first kappa shape index (κ1) is 18.5. The topological polar surface area (TPSA) is 52.7 Å². The molecule has 0 bridgehead atoms. The number of hydrogen-bond donors (Lipinski definition) is 1. The summed E-state index contributed by atoms with van der Waals surface area (Å²) >= 11 is 1.27. The van der Waals surface area contributed by atoms with E-state index in [4.69, 9.17) is 0 Å². The van der Waals surface area contributed by atoms with Crippen LogP contribution in [-0.4, -0.2) is 54.8 Å². The molecular formula is C19H22FN3O2S. The van der Waals surface area contributed by atoms with Crippen molar-refractivity contribution in [3.05, 3.63) is 52.2 Å². The smallest absolute Gasteiger partial charge is 0.264 e. The lowest BCUT2D eigenvalue weighted by Crippen LogP contribution is -2.34. The monoisotopic (exact) mass is 375 g/mol. The maximum Gasteiger partial charge on any atom is 0.264 e. The van der Waals surface area contributed by atoms with Crippen molar-refractivity contribution in [3.63, 3.8) is 0 Å². The summed E-state index contributed by atoms with van der Waals surface area (Å²) in [6.07, 6.45) is 0.954. The number of hydrogen-bond acceptors (Lipinski definition) is 4. The van der Waals surface area contributed by atoms with E-state index in [1.54, 1.807) is 12.1 Å². The predicted molar refractivity (Wildman–Crippen MR) is 101 cm³/mol. The van der Waals surface area contributed by atoms with Gasteiger partial charge in [-0.05, 0) is 56.8 Å². The highest BCUT2D eigenvalue weighted by Crippen LogP contribution is 2.28. The van der Waals surface area contributed by atoms with E-state index in [0.717, 1.165) is 31.6 Å². The molecule has 1 fully saturated rings. The van der Waals surface area contributed by atoms with Gasteiger partial charge in [0, 0.05) is 25.2 Å². The molecule has 3 rings (SSSR count). The fourth-order valence-corrected chi connectivity index (χ4v) is 4.00. The molecule has 2 heterocycles. The summed E-state index contributed by atoms with van der Waals surface area (Å²) in [5, 5.41) is 3.35. The number of carbonyl (C=O) groups is 2. The zero-order chi connectivity index (χ0) is 18.7. The molecule has 2 aromatic rings. The maximum absolute atomic E-state index is 13.3. The van der Waals surface area contributed by atoms with Crippen LogP contribution in [0, 0.1) is 12.7 Å². The molecule has 1 aromatic heterocycles. The van der Waals surface area contributed by atoms with Crippen LogP contribution < -0.4 is 5.32 Å². The molecule has 0 radical (unpaired) electrons. The van der Waals surface area contributed by atoms with Gasteiger partial charge in [-0.25, -0.2) is 4.39 Å². The Labute approximate surface area is 156 Å². The third kappa shape index (κ3) is 4.28. The summed E-state index contributed by atoms with van der Waals surface area (Å²) in [6.45, 7) is 5.16. The summed E-state index contributed by atoms with van der Waals surface area (Å²) in [4.78, 5) is 29.9. The van der Waals surface area contributed by atoms with E-state index in [9.17, 15) is 14.0 Å². The molecule has 5 nitrogen and oxygen atoms in total. The minimum atomic E-state index is -0.456. The third-order valence-corrected chi connectivity index (χ3v) is 5.58. The van der Waals surface area contributed by atoms with Gasteiger partial charge in [0.2, 0.25) is 0 Å². The van der Waals surface area contributed by atoms with Crippen LogP contribution in [0.15, 0.2) is 30.3 Å². The van der Waals surface area contributed by atoms with Gasteiger partial charge in [0.25, 0.3) is 11.8 Å². The van der Waals surface area contributed by atoms with Crippen LogP contribution in [0.3, 0.4) is 0 Å². The van der Waals surface area contributed by atoms with E-state index in [2.05, 4.69) is 17.3 Å². The number of aryl methyl sites for hydroxylation is 1. The van der Waals surface area contributed by atoms with Gasteiger partial charge in [-0.3, -0.25) is 9.59 Å². The third-order valence-electron chi connectivity index (χ3n) is 4.44. The Morgan fingerprint density at radius 3 is 2.73 bits per heavy atom. The first-order valence-electron chi connectivity index (χ1n) is 8.59. The van der Waals surface area contributed by atoms with Crippen molar-refractivity contribution in [2.45, 2.75) is 13.3 Å². The van der Waals surface area contributed by atoms with E-state index in [1.807, 2.05) is 11.8 Å². The van der Waals surface area contributed by atoms with Crippen molar-refractivity contribution in [2.24, 2.45) is 0 Å². The van der Waals surface area contributed by atoms with Crippen molar-refractivity contribution in [1.29, 1.82) is 0 Å². The van der Waals surface area contributed by atoms with Crippen LogP contribution in [0.1, 0.15) is 32.0 Å². The molecule has 0 saturated carbocycles. The number of thiophene rings is 1. The largest absolute Gasteiger partial charge is 0.337 e. The number of nitrogens with one attached hydrogen (secondary N) is 1. The fraction of sp³-hybridized carbons (Fsp3) is 0.368. The molecule has 138 valence electrons. The van der Waals surface area contributed by atoms with Crippen molar-refractivity contribution in [1.82, 2.24) is 9.80 Å². The van der Waals surface area contributed by atoms with Gasteiger partial charge in [-0.1, -0.05) is 6.07 Å². The lowest BCUT2D eigenvalue weighted by molar-refractivity contribution is 0.0767. The van der Waals surface area contributed by atoms with E-state index < -0.39 is 5.82 Å². The van der Waals surface area contributed by atoms with Gasteiger partial charge in [0.05, 0.1) is 9.88 Å². The number of anilines is 1. The Balaban J connectivity index is 1.72. The average molecular weight is 375 g/mol. The van der Waals surface area contributed by atoms with Crippen molar-refractivity contribution < 1.29 is 14.0 Å². The van der Waals surface area contributed by atoms with Crippen LogP contribution in [-0.2, 0) is 0 Å². The van der Waals surface area contributed by atoms with Crippen LogP contribution in [0.2, 0.25) is 0 Å². The summed E-state index contributed by atoms with van der Waals surface area (Å²) in [7, 11) is 2.06. The zero-order valence-corrected chi connectivity index (χ0v) is 15.7. The highest BCUT2D eigenvalue weighted by molar-refractivity contribution is 7.18. The molecule has 1 aliphatic heterocycles. The summed E-state index contributed by atoms with van der Waals surface area (Å²) in [5.41, 5.74) is 1.09. The normalized spacial score (nSPS) is 15.6. The van der Waals surface area contributed by atoms with Crippen molar-refractivity contribution >= 4 is 28.2 Å². The van der Waals surface area contributed by atoms with Gasteiger partial charge in [0.15, 0.2) is 0 Å². The van der Waals surface area contributed by atoms with Gasteiger partial charge < -0.3 is 15.1 Å². The molecule has 1 aromatic carbocycles. The minimum absolute atomic E-state index is 0.00838. The first-order valence-corrected chi connectivity index (χ1v) is 9.41. The lowest BCUT2D eigenvalue weighted by atomic mass is 10.2. The molecule has 1 saturated heterocycles. The Bertz CT molecular complexity index is 821. The molecule has 0 spiro atoms. The lowest BCUT2D eigenvalue weighted by Gasteiger charge is -2.20. The predicted octanol–water partition coefficient (Wildman–Crippen LogP) is 3.23. The van der Waals surface area contributed by atoms with E-state index in [0.29, 0.717) is 16.4 Å². The second-order valence-corrected chi connectivity index (χ2v) is 7.59. The van der Waals surface area contributed by atoms with Crippen LogP contribution in [0.25, 0.3) is 0 Å². The van der Waals surface area contributed by atoms with Crippen molar-refractivity contribution in [3.8, 4) is 0 Å². The quantitative estimate of drug-likeness (QED) is 0.896. The molecule has 7 heteroatoms. The molecule has 26 heavy (non-hydrogen) atoms.